The molecule has 8 aromatic carbocycles. The predicted octanol–water partition coefficient (Wildman–Crippen LogP) is 18.9. The van der Waals surface area contributed by atoms with E-state index in [2.05, 4.69) is 333 Å². The van der Waals surface area contributed by atoms with E-state index in [9.17, 15) is 0 Å². The first-order chi connectivity index (χ1) is 63.9. The van der Waals surface area contributed by atoms with Crippen LogP contribution in [0.1, 0.15) is 196 Å². The molecular formula is C104H128N24O4. The molecule has 8 aromatic heterocycles. The van der Waals surface area contributed by atoms with E-state index in [1.807, 2.05) is 91.5 Å². The van der Waals surface area contributed by atoms with Crippen molar-refractivity contribution in [3.8, 4) is 0 Å². The van der Waals surface area contributed by atoms with Crippen molar-refractivity contribution in [2.75, 3.05) is 124 Å². The van der Waals surface area contributed by atoms with Gasteiger partial charge in [0, 0.05) is 162 Å². The molecule has 28 nitrogen and oxygen atoms in total. The summed E-state index contributed by atoms with van der Waals surface area (Å²) in [4.78, 5) is 19.8. The van der Waals surface area contributed by atoms with E-state index >= 15 is 0 Å². The third-order valence-electron chi connectivity index (χ3n) is 26.6. The van der Waals surface area contributed by atoms with Gasteiger partial charge >= 0.3 is 0 Å². The van der Waals surface area contributed by atoms with E-state index in [0.717, 1.165) is 234 Å². The van der Waals surface area contributed by atoms with Gasteiger partial charge in [-0.2, -0.15) is 0 Å². The summed E-state index contributed by atoms with van der Waals surface area (Å²) < 4.78 is 33.2. The smallest absolute Gasteiger partial charge is 0.176 e. The Morgan fingerprint density at radius 1 is 0.288 bits per heavy atom. The topological polar surface area (TPSA) is 253 Å². The quantitative estimate of drug-likeness (QED) is 0.0611. The van der Waals surface area contributed by atoms with Gasteiger partial charge in [-0.1, -0.05) is 148 Å². The second kappa shape index (κ2) is 40.1. The molecule has 0 saturated carbocycles. The largest absolute Gasteiger partial charge is 0.459 e. The molecule has 12 heterocycles. The number of anilines is 4. The molecule has 4 aliphatic heterocycles. The molecule has 4 fully saturated rings. The average Bonchev–Trinajstić information content (AvgIpc) is 1.59. The number of rotatable bonds is 22. The van der Waals surface area contributed by atoms with E-state index in [-0.39, 0.29) is 35.2 Å². The first-order valence-corrected chi connectivity index (χ1v) is 47.2. The predicted molar refractivity (Wildman–Crippen MR) is 522 cm³/mol. The standard InChI is InChI=1S/4C26H32N6O/c1-18-9-8-11-21(19(18)2)30-13-15-31(16-14-30)24(25-27-28-29-32(25)26(3,4)5)23-17-20-10-6-7-12-22(20)33-23;1-18-10-11-19(2)21(16-18)30-12-14-31(15-13-30)24(25-27-28-29-32(25)26(3,4)5)23-17-20-8-6-7-9-22(20)33-23;1-4-5-13-32-26(27-28-29-32)25(24-18-21-10-6-7-12-23(21)33-24)31-16-14-30(15-17-31)22-11-8-9-19(2)20(22)3;1-4-5-12-32-26(27-28-29-32)25(24-18-21-8-6-7-9-23(21)33-24)31-15-13-30(14-16-31)22-17-19(2)10-11-20(22)3/h6-12,17,24H,13-16H2,1-5H3;6-11,16-17,24H,12-15H2,1-5H3;6-12,18,25H,4-5,13-17H2,1-3H3;6-11,17-18,25H,4-5,12-16H2,1-3H3. The van der Waals surface area contributed by atoms with Crippen LogP contribution < -0.4 is 19.6 Å². The number of hydrogen-bond acceptors (Lipinski definition) is 24. The number of unbranched alkanes of at least 4 members (excludes halogenated alkanes) is 2. The van der Waals surface area contributed by atoms with Crippen molar-refractivity contribution < 1.29 is 17.7 Å². The fourth-order valence-electron chi connectivity index (χ4n) is 19.0. The van der Waals surface area contributed by atoms with Crippen molar-refractivity contribution in [3.63, 3.8) is 0 Å². The first-order valence-electron chi connectivity index (χ1n) is 47.2. The van der Waals surface area contributed by atoms with Crippen molar-refractivity contribution >= 4 is 66.6 Å². The molecule has 28 heteroatoms. The molecule has 4 saturated heterocycles. The fraction of sp³-hybridized carbons (Fsp3) is 0.423. The van der Waals surface area contributed by atoms with Gasteiger partial charge in [0.05, 0.1) is 11.1 Å². The molecule has 0 bridgehead atoms. The number of aromatic nitrogens is 16. The number of benzene rings is 8. The number of furan rings is 4. The normalized spacial score (nSPS) is 16.2. The van der Waals surface area contributed by atoms with Crippen LogP contribution in [0, 0.1) is 55.4 Å². The molecule has 688 valence electrons. The van der Waals surface area contributed by atoms with Crippen molar-refractivity contribution in [1.82, 2.24) is 100 Å². The molecule has 0 N–H and O–H groups in total. The third-order valence-corrected chi connectivity index (χ3v) is 26.6. The Hall–Kier alpha value is -12.8. The van der Waals surface area contributed by atoms with Gasteiger partial charge in [-0.05, 0) is 269 Å². The molecule has 0 aliphatic carbocycles. The Balaban J connectivity index is 0.000000123. The Labute approximate surface area is 774 Å². The lowest BCUT2D eigenvalue weighted by molar-refractivity contribution is 0.174. The zero-order chi connectivity index (χ0) is 91.9. The second-order valence-corrected chi connectivity index (χ2v) is 37.9. The van der Waals surface area contributed by atoms with Crippen LogP contribution >= 0.6 is 0 Å². The van der Waals surface area contributed by atoms with E-state index in [1.54, 1.807) is 0 Å². The summed E-state index contributed by atoms with van der Waals surface area (Å²) in [5.41, 5.74) is 19.1. The van der Waals surface area contributed by atoms with Gasteiger partial charge in [-0.15, -0.1) is 20.4 Å². The fourth-order valence-corrected chi connectivity index (χ4v) is 19.0. The SMILES string of the molecule is CCCCn1nnnc1C(c1cc2ccccc2o1)N1CCN(c2cc(C)ccc2C)CC1.CCCCn1nnnc1C(c1cc2ccccc2o1)N1CCN(c2cccc(C)c2C)CC1.Cc1ccc(C)c(N2CCN(C(c3cc4ccccc4o3)c3nnnn3C(C)(C)C)CC2)c1.Cc1cccc(N2CCN(C(c3cc4ccccc4o3)c3nnnn3C(C)(C)C)CC2)c1C. The molecule has 0 amide bonds. The molecule has 20 rings (SSSR count). The summed E-state index contributed by atoms with van der Waals surface area (Å²) in [6, 6.07) is 67.2. The number of nitrogens with zero attached hydrogens (tertiary/aromatic N) is 24. The lowest BCUT2D eigenvalue weighted by atomic mass is 10.0. The minimum atomic E-state index is -0.233. The lowest BCUT2D eigenvalue weighted by Gasteiger charge is -2.40. The number of piperazine rings is 4. The molecular weight excluding hydrogens is 1650 g/mol. The van der Waals surface area contributed by atoms with Gasteiger partial charge < -0.3 is 37.3 Å². The van der Waals surface area contributed by atoms with Crippen molar-refractivity contribution in [2.24, 2.45) is 0 Å². The summed E-state index contributed by atoms with van der Waals surface area (Å²) >= 11 is 0. The molecule has 4 unspecified atom stereocenters. The zero-order valence-corrected chi connectivity index (χ0v) is 79.7. The van der Waals surface area contributed by atoms with Gasteiger partial charge in [0.25, 0.3) is 0 Å². The maximum absolute atomic E-state index is 6.36. The number of tetrazole rings is 4. The average molecular weight is 1780 g/mol. The lowest BCUT2D eigenvalue weighted by Crippen LogP contribution is -2.49. The van der Waals surface area contributed by atoms with Crippen LogP contribution in [0.15, 0.2) is 212 Å². The number of aryl methyl sites for hydroxylation is 8. The number of hydrogen-bond donors (Lipinski definition) is 0. The Bertz CT molecular complexity index is 6090. The van der Waals surface area contributed by atoms with Gasteiger partial charge in [0.15, 0.2) is 23.3 Å². The summed E-state index contributed by atoms with van der Waals surface area (Å²) in [5.74, 6) is 6.95. The Morgan fingerprint density at radius 3 is 0.864 bits per heavy atom. The molecule has 4 atom stereocenters. The van der Waals surface area contributed by atoms with Crippen LogP contribution in [0.2, 0.25) is 0 Å². The van der Waals surface area contributed by atoms with Crippen molar-refractivity contribution in [3.05, 3.63) is 285 Å². The summed E-state index contributed by atoms with van der Waals surface area (Å²) in [5, 5.41) is 55.9. The zero-order valence-electron chi connectivity index (χ0n) is 79.7. The maximum atomic E-state index is 6.36. The third kappa shape index (κ3) is 20.0. The number of fused-ring (bicyclic) bond motifs is 4. The van der Waals surface area contributed by atoms with Gasteiger partial charge in [-0.3, -0.25) is 19.6 Å². The summed E-state index contributed by atoms with van der Waals surface area (Å²) in [6.07, 6.45) is 4.29. The van der Waals surface area contributed by atoms with Crippen LogP contribution in [0.5, 0.6) is 0 Å². The molecule has 16 aromatic rings. The molecule has 4 aliphatic rings. The molecule has 0 spiro atoms. The Morgan fingerprint density at radius 2 is 0.568 bits per heavy atom. The highest BCUT2D eigenvalue weighted by Crippen LogP contribution is 2.41. The monoisotopic (exact) mass is 1780 g/mol. The van der Waals surface area contributed by atoms with Crippen LogP contribution in [0.4, 0.5) is 22.7 Å². The van der Waals surface area contributed by atoms with E-state index in [4.69, 9.17) is 17.7 Å². The number of para-hydroxylation sites is 4. The minimum Gasteiger partial charge on any atom is -0.459 e. The van der Waals surface area contributed by atoms with Crippen LogP contribution in [0.3, 0.4) is 0 Å². The van der Waals surface area contributed by atoms with E-state index < -0.39 is 0 Å². The highest BCUT2D eigenvalue weighted by molar-refractivity contribution is 5.80. The second-order valence-electron chi connectivity index (χ2n) is 37.9. The van der Waals surface area contributed by atoms with E-state index in [0.29, 0.717) is 0 Å². The Kier molecular flexibility index (Phi) is 27.7. The van der Waals surface area contributed by atoms with Crippen LogP contribution in [0.25, 0.3) is 43.9 Å². The van der Waals surface area contributed by atoms with Crippen molar-refractivity contribution in [2.45, 2.75) is 185 Å². The van der Waals surface area contributed by atoms with Gasteiger partial charge in [0.1, 0.15) is 69.5 Å². The summed E-state index contributed by atoms with van der Waals surface area (Å²) in [6.45, 7) is 51.1. The van der Waals surface area contributed by atoms with Crippen LogP contribution in [-0.4, -0.2) is 205 Å². The van der Waals surface area contributed by atoms with E-state index in [1.165, 1.54) is 67.3 Å². The molecule has 132 heavy (non-hydrogen) atoms. The highest BCUT2D eigenvalue weighted by Gasteiger charge is 2.41. The maximum Gasteiger partial charge on any atom is 0.176 e. The summed E-state index contributed by atoms with van der Waals surface area (Å²) in [7, 11) is 0. The van der Waals surface area contributed by atoms with Gasteiger partial charge in [-0.25, -0.2) is 18.7 Å². The van der Waals surface area contributed by atoms with Crippen molar-refractivity contribution in [1.29, 1.82) is 0 Å². The first kappa shape index (κ1) is 91.1. The van der Waals surface area contributed by atoms with Crippen LogP contribution in [-0.2, 0) is 24.2 Å². The molecule has 0 radical (unpaired) electrons. The highest BCUT2D eigenvalue weighted by atomic mass is 16.4. The minimum absolute atomic E-state index is 0.106. The van der Waals surface area contributed by atoms with Gasteiger partial charge in [0.2, 0.25) is 0 Å².